The minimum atomic E-state index is -0.766. The number of nitro groups is 1. The molecule has 2 rings (SSSR count). The number of ketones is 1. The smallest absolute Gasteiger partial charge is 0.342 e. The Morgan fingerprint density at radius 1 is 1.12 bits per heavy atom. The molecule has 0 aliphatic rings. The third-order valence-electron chi connectivity index (χ3n) is 3.17. The standard InChI is InChI=1S/C18H15NO5/c1-2-24-18(21)16(17(20)14-8-4-3-5-9-14)12-13-7-6-10-15(11-13)19(22)23/h3-12H,2H2,1H3/b16-12-. The Kier molecular flexibility index (Phi) is 5.57. The zero-order chi connectivity index (χ0) is 17.5. The first-order valence-corrected chi connectivity index (χ1v) is 7.26. The average molecular weight is 325 g/mol. The van der Waals surface area contributed by atoms with Gasteiger partial charge in [-0.2, -0.15) is 0 Å². The fourth-order valence-electron chi connectivity index (χ4n) is 2.07. The van der Waals surface area contributed by atoms with Gasteiger partial charge in [0.1, 0.15) is 5.57 Å². The normalized spacial score (nSPS) is 11.0. The maximum Gasteiger partial charge on any atom is 0.342 e. The van der Waals surface area contributed by atoms with Crippen LogP contribution in [0.4, 0.5) is 5.69 Å². The van der Waals surface area contributed by atoms with Gasteiger partial charge < -0.3 is 4.74 Å². The van der Waals surface area contributed by atoms with E-state index in [0.29, 0.717) is 11.1 Å². The van der Waals surface area contributed by atoms with Gasteiger partial charge in [-0.25, -0.2) is 4.79 Å². The Morgan fingerprint density at radius 2 is 1.83 bits per heavy atom. The van der Waals surface area contributed by atoms with Crippen molar-refractivity contribution in [2.45, 2.75) is 6.92 Å². The Morgan fingerprint density at radius 3 is 2.46 bits per heavy atom. The van der Waals surface area contributed by atoms with Crippen LogP contribution in [-0.2, 0) is 9.53 Å². The van der Waals surface area contributed by atoms with E-state index in [1.54, 1.807) is 43.3 Å². The molecule has 0 bridgehead atoms. The predicted octanol–water partition coefficient (Wildman–Crippen LogP) is 3.42. The van der Waals surface area contributed by atoms with Gasteiger partial charge in [0.15, 0.2) is 5.78 Å². The van der Waals surface area contributed by atoms with E-state index in [2.05, 4.69) is 0 Å². The Bertz CT molecular complexity index is 796. The molecule has 0 aromatic heterocycles. The van der Waals surface area contributed by atoms with Crippen molar-refractivity contribution in [3.05, 3.63) is 81.4 Å². The maximum atomic E-state index is 12.6. The lowest BCUT2D eigenvalue weighted by Crippen LogP contribution is -2.16. The molecule has 0 heterocycles. The molecule has 6 heteroatoms. The van der Waals surface area contributed by atoms with Crippen molar-refractivity contribution in [3.63, 3.8) is 0 Å². The first-order chi connectivity index (χ1) is 11.5. The fourth-order valence-corrected chi connectivity index (χ4v) is 2.07. The number of rotatable bonds is 6. The van der Waals surface area contributed by atoms with Gasteiger partial charge in [0.2, 0.25) is 0 Å². The van der Waals surface area contributed by atoms with Crippen LogP contribution in [0, 0.1) is 10.1 Å². The monoisotopic (exact) mass is 325 g/mol. The molecular formula is C18H15NO5. The van der Waals surface area contributed by atoms with E-state index >= 15 is 0 Å². The number of carbonyl (C=O) groups is 2. The van der Waals surface area contributed by atoms with Crippen molar-refractivity contribution in [1.29, 1.82) is 0 Å². The van der Waals surface area contributed by atoms with Crippen LogP contribution < -0.4 is 0 Å². The molecule has 0 radical (unpaired) electrons. The largest absolute Gasteiger partial charge is 0.462 e. The molecule has 0 spiro atoms. The number of hydrogen-bond donors (Lipinski definition) is 0. The first kappa shape index (κ1) is 17.1. The lowest BCUT2D eigenvalue weighted by molar-refractivity contribution is -0.384. The van der Waals surface area contributed by atoms with Crippen LogP contribution in [0.25, 0.3) is 6.08 Å². The topological polar surface area (TPSA) is 86.5 Å². The highest BCUT2D eigenvalue weighted by molar-refractivity contribution is 6.26. The highest BCUT2D eigenvalue weighted by atomic mass is 16.6. The number of non-ortho nitro benzene ring substituents is 1. The molecule has 2 aromatic carbocycles. The molecule has 2 aromatic rings. The van der Waals surface area contributed by atoms with E-state index in [1.807, 2.05) is 0 Å². The second kappa shape index (κ2) is 7.82. The van der Waals surface area contributed by atoms with Crippen LogP contribution in [0.3, 0.4) is 0 Å². The van der Waals surface area contributed by atoms with Crippen molar-refractivity contribution >= 4 is 23.5 Å². The summed E-state index contributed by atoms with van der Waals surface area (Å²) in [6, 6.07) is 14.0. The fraction of sp³-hybridized carbons (Fsp3) is 0.111. The number of benzene rings is 2. The van der Waals surface area contributed by atoms with Crippen LogP contribution >= 0.6 is 0 Å². The molecule has 6 nitrogen and oxygen atoms in total. The van der Waals surface area contributed by atoms with Crippen LogP contribution in [0.2, 0.25) is 0 Å². The quantitative estimate of drug-likeness (QED) is 0.154. The van der Waals surface area contributed by atoms with E-state index in [1.165, 1.54) is 24.3 Å². The highest BCUT2D eigenvalue weighted by Crippen LogP contribution is 2.18. The van der Waals surface area contributed by atoms with E-state index in [9.17, 15) is 19.7 Å². The molecule has 0 aliphatic heterocycles. The third-order valence-corrected chi connectivity index (χ3v) is 3.17. The molecule has 0 unspecified atom stereocenters. The van der Waals surface area contributed by atoms with E-state index < -0.39 is 16.7 Å². The maximum absolute atomic E-state index is 12.6. The van der Waals surface area contributed by atoms with Gasteiger partial charge in [-0.3, -0.25) is 14.9 Å². The summed E-state index contributed by atoms with van der Waals surface area (Å²) in [5.41, 5.74) is 0.404. The van der Waals surface area contributed by atoms with Gasteiger partial charge in [-0.15, -0.1) is 0 Å². The summed E-state index contributed by atoms with van der Waals surface area (Å²) in [6.45, 7) is 1.75. The first-order valence-electron chi connectivity index (χ1n) is 7.26. The number of ether oxygens (including phenoxy) is 1. The zero-order valence-electron chi connectivity index (χ0n) is 13.0. The molecule has 0 atom stereocenters. The minimum Gasteiger partial charge on any atom is -0.462 e. The van der Waals surface area contributed by atoms with Gasteiger partial charge >= 0.3 is 5.97 Å². The van der Waals surface area contributed by atoms with Gasteiger partial charge in [0.05, 0.1) is 11.5 Å². The zero-order valence-corrected chi connectivity index (χ0v) is 13.0. The van der Waals surface area contributed by atoms with Crippen molar-refractivity contribution in [2.75, 3.05) is 6.61 Å². The van der Waals surface area contributed by atoms with Crippen molar-refractivity contribution in [3.8, 4) is 0 Å². The number of nitrogens with zero attached hydrogens (tertiary/aromatic N) is 1. The Hall–Kier alpha value is -3.28. The summed E-state index contributed by atoms with van der Waals surface area (Å²) < 4.78 is 4.93. The third kappa shape index (κ3) is 4.13. The van der Waals surface area contributed by atoms with Crippen LogP contribution in [-0.4, -0.2) is 23.3 Å². The predicted molar refractivity (Wildman–Crippen MR) is 88.5 cm³/mol. The number of Topliss-reactive ketones (excluding diaryl/α,β-unsaturated/α-hetero) is 1. The number of carbonyl (C=O) groups excluding carboxylic acids is 2. The summed E-state index contributed by atoms with van der Waals surface area (Å²) in [5.74, 6) is -1.27. The lowest BCUT2D eigenvalue weighted by Gasteiger charge is -2.07. The molecule has 122 valence electrons. The SMILES string of the molecule is CCOC(=O)/C(=C\c1cccc([N+](=O)[O-])c1)C(=O)c1ccccc1. The molecule has 0 aliphatic carbocycles. The minimum absolute atomic E-state index is 0.118. The molecule has 0 amide bonds. The van der Waals surface area contributed by atoms with E-state index in [0.717, 1.165) is 0 Å². The van der Waals surface area contributed by atoms with Crippen molar-refractivity contribution < 1.29 is 19.2 Å². The summed E-state index contributed by atoms with van der Waals surface area (Å²) in [5, 5.41) is 10.9. The van der Waals surface area contributed by atoms with Crippen LogP contribution in [0.5, 0.6) is 0 Å². The molecule has 0 saturated heterocycles. The van der Waals surface area contributed by atoms with Gasteiger partial charge in [0.25, 0.3) is 5.69 Å². The molecular weight excluding hydrogens is 310 g/mol. The van der Waals surface area contributed by atoms with Crippen LogP contribution in [0.1, 0.15) is 22.8 Å². The number of nitro benzene ring substituents is 1. The van der Waals surface area contributed by atoms with Gasteiger partial charge in [-0.1, -0.05) is 42.5 Å². The summed E-state index contributed by atoms with van der Waals surface area (Å²) in [6.07, 6.45) is 1.31. The second-order valence-corrected chi connectivity index (χ2v) is 4.83. The van der Waals surface area contributed by atoms with E-state index in [-0.39, 0.29) is 17.9 Å². The summed E-state index contributed by atoms with van der Waals surface area (Å²) in [4.78, 5) is 35.0. The summed E-state index contributed by atoms with van der Waals surface area (Å²) in [7, 11) is 0. The van der Waals surface area contributed by atoms with Crippen molar-refractivity contribution in [1.82, 2.24) is 0 Å². The average Bonchev–Trinajstić information content (AvgIpc) is 2.60. The number of esters is 1. The Labute approximate surface area is 138 Å². The molecule has 0 saturated carbocycles. The second-order valence-electron chi connectivity index (χ2n) is 4.83. The lowest BCUT2D eigenvalue weighted by atomic mass is 10.0. The molecule has 24 heavy (non-hydrogen) atoms. The van der Waals surface area contributed by atoms with Crippen molar-refractivity contribution in [2.24, 2.45) is 0 Å². The number of hydrogen-bond acceptors (Lipinski definition) is 5. The summed E-state index contributed by atoms with van der Waals surface area (Å²) >= 11 is 0. The molecule has 0 N–H and O–H groups in total. The Balaban J connectivity index is 2.46. The van der Waals surface area contributed by atoms with E-state index in [4.69, 9.17) is 4.74 Å². The molecule has 0 fully saturated rings. The van der Waals surface area contributed by atoms with Gasteiger partial charge in [-0.05, 0) is 18.6 Å². The highest BCUT2D eigenvalue weighted by Gasteiger charge is 2.21. The van der Waals surface area contributed by atoms with Crippen LogP contribution in [0.15, 0.2) is 60.2 Å². The van der Waals surface area contributed by atoms with Gasteiger partial charge in [0, 0.05) is 17.7 Å².